The lowest BCUT2D eigenvalue weighted by atomic mass is 10.1. The number of imidazole rings is 1. The zero-order valence-electron chi connectivity index (χ0n) is 13.7. The second kappa shape index (κ2) is 7.73. The molecule has 124 valence electrons. The summed E-state index contributed by atoms with van der Waals surface area (Å²) in [5.74, 6) is 1.71. The van der Waals surface area contributed by atoms with Crippen molar-refractivity contribution < 1.29 is 9.66 Å². The number of methoxy groups -OCH3 is 1. The lowest BCUT2D eigenvalue weighted by Gasteiger charge is -2.14. The van der Waals surface area contributed by atoms with Gasteiger partial charge >= 0.3 is 5.69 Å². The van der Waals surface area contributed by atoms with Gasteiger partial charge in [0.25, 0.3) is 0 Å². The Morgan fingerprint density at radius 2 is 2.26 bits per heavy atom. The van der Waals surface area contributed by atoms with E-state index in [1.54, 1.807) is 18.3 Å². The Morgan fingerprint density at radius 1 is 1.48 bits per heavy atom. The minimum Gasteiger partial charge on any atom is -0.490 e. The third-order valence-electron chi connectivity index (χ3n) is 3.69. The summed E-state index contributed by atoms with van der Waals surface area (Å²) in [6.45, 7) is 6.43. The summed E-state index contributed by atoms with van der Waals surface area (Å²) in [5.41, 5.74) is 0.859. The molecular weight excluding hydrogens is 296 g/mol. The van der Waals surface area contributed by atoms with Gasteiger partial charge in [-0.1, -0.05) is 13.0 Å². The molecule has 7 nitrogen and oxygen atoms in total. The van der Waals surface area contributed by atoms with Gasteiger partial charge in [-0.25, -0.2) is 4.98 Å². The van der Waals surface area contributed by atoms with Crippen molar-refractivity contribution in [1.29, 1.82) is 0 Å². The van der Waals surface area contributed by atoms with E-state index in [2.05, 4.69) is 21.8 Å². The molecule has 0 saturated carbocycles. The Bertz CT molecular complexity index is 669. The van der Waals surface area contributed by atoms with Gasteiger partial charge < -0.3 is 14.6 Å². The number of aromatic nitrogens is 2. The maximum Gasteiger partial charge on any atom is 0.311 e. The molecule has 1 aromatic carbocycles. The molecular formula is C16H22N4O3. The lowest BCUT2D eigenvalue weighted by Crippen LogP contribution is -2.24. The molecule has 1 N–H and O–H groups in total. The van der Waals surface area contributed by atoms with E-state index >= 15 is 0 Å². The molecule has 0 aliphatic carbocycles. The minimum atomic E-state index is -0.424. The molecule has 0 spiro atoms. The van der Waals surface area contributed by atoms with E-state index in [0.717, 1.165) is 24.5 Å². The first-order valence-electron chi connectivity index (χ1n) is 7.51. The quantitative estimate of drug-likeness (QED) is 0.597. The Hall–Kier alpha value is -2.41. The summed E-state index contributed by atoms with van der Waals surface area (Å²) in [6.07, 6.45) is 3.77. The van der Waals surface area contributed by atoms with Gasteiger partial charge in [0.05, 0.1) is 12.0 Å². The molecule has 7 heteroatoms. The van der Waals surface area contributed by atoms with Crippen LogP contribution >= 0.6 is 0 Å². The van der Waals surface area contributed by atoms with Crippen molar-refractivity contribution in [1.82, 2.24) is 14.9 Å². The first-order chi connectivity index (χ1) is 11.0. The van der Waals surface area contributed by atoms with Crippen molar-refractivity contribution in [3.05, 3.63) is 52.1 Å². The van der Waals surface area contributed by atoms with Crippen molar-refractivity contribution in [2.45, 2.75) is 26.9 Å². The van der Waals surface area contributed by atoms with Crippen molar-refractivity contribution >= 4 is 5.69 Å². The maximum atomic E-state index is 11.0. The van der Waals surface area contributed by atoms with Gasteiger partial charge in [-0.3, -0.25) is 10.1 Å². The van der Waals surface area contributed by atoms with E-state index in [4.69, 9.17) is 4.74 Å². The summed E-state index contributed by atoms with van der Waals surface area (Å²) in [5, 5.41) is 14.4. The van der Waals surface area contributed by atoms with Crippen LogP contribution in [-0.2, 0) is 13.1 Å². The van der Waals surface area contributed by atoms with Gasteiger partial charge in [-0.15, -0.1) is 0 Å². The number of nitrogens with one attached hydrogen (secondary N) is 1. The smallest absolute Gasteiger partial charge is 0.311 e. The van der Waals surface area contributed by atoms with Crippen LogP contribution in [0.1, 0.15) is 18.3 Å². The predicted molar refractivity (Wildman–Crippen MR) is 87.5 cm³/mol. The monoisotopic (exact) mass is 318 g/mol. The summed E-state index contributed by atoms with van der Waals surface area (Å²) < 4.78 is 7.12. The highest BCUT2D eigenvalue weighted by molar-refractivity contribution is 5.48. The van der Waals surface area contributed by atoms with Crippen LogP contribution in [0.15, 0.2) is 30.6 Å². The average molecular weight is 318 g/mol. The van der Waals surface area contributed by atoms with E-state index in [0.29, 0.717) is 12.5 Å². The Morgan fingerprint density at radius 3 is 2.87 bits per heavy atom. The highest BCUT2D eigenvalue weighted by Gasteiger charge is 2.15. The van der Waals surface area contributed by atoms with Crippen LogP contribution in [0.3, 0.4) is 0 Å². The van der Waals surface area contributed by atoms with E-state index in [9.17, 15) is 10.1 Å². The zero-order chi connectivity index (χ0) is 16.8. The standard InChI is InChI=1S/C16H22N4O3/c1-12(11-19-7-6-18-13(19)2)9-17-10-14-4-5-16(23-3)15(8-14)20(21)22/h4-8,12,17H,9-11H2,1-3H3. The van der Waals surface area contributed by atoms with E-state index < -0.39 is 4.92 Å². The Kier molecular flexibility index (Phi) is 5.70. The van der Waals surface area contributed by atoms with Gasteiger partial charge in [0.15, 0.2) is 5.75 Å². The van der Waals surface area contributed by atoms with Crippen LogP contribution in [0.5, 0.6) is 5.75 Å². The summed E-state index contributed by atoms with van der Waals surface area (Å²) in [6, 6.07) is 5.02. The van der Waals surface area contributed by atoms with E-state index in [-0.39, 0.29) is 11.4 Å². The highest BCUT2D eigenvalue weighted by Crippen LogP contribution is 2.27. The van der Waals surface area contributed by atoms with E-state index in [1.165, 1.54) is 7.11 Å². The molecule has 1 atom stereocenters. The summed E-state index contributed by atoms with van der Waals surface area (Å²) >= 11 is 0. The van der Waals surface area contributed by atoms with Crippen molar-refractivity contribution in [3.8, 4) is 5.75 Å². The normalized spacial score (nSPS) is 12.1. The molecule has 0 saturated heterocycles. The number of hydrogen-bond acceptors (Lipinski definition) is 5. The van der Waals surface area contributed by atoms with Crippen molar-refractivity contribution in [2.24, 2.45) is 5.92 Å². The third kappa shape index (κ3) is 4.53. The molecule has 1 heterocycles. The van der Waals surface area contributed by atoms with Crippen LogP contribution in [0.2, 0.25) is 0 Å². The number of nitro groups is 1. The molecule has 1 unspecified atom stereocenters. The van der Waals surface area contributed by atoms with Crippen molar-refractivity contribution in [2.75, 3.05) is 13.7 Å². The topological polar surface area (TPSA) is 82.2 Å². The van der Waals surface area contributed by atoms with Crippen LogP contribution in [0, 0.1) is 23.0 Å². The second-order valence-corrected chi connectivity index (χ2v) is 5.63. The number of benzene rings is 1. The number of nitrogens with zero attached hydrogens (tertiary/aromatic N) is 3. The molecule has 0 amide bonds. The van der Waals surface area contributed by atoms with Crippen molar-refractivity contribution in [3.63, 3.8) is 0 Å². The van der Waals surface area contributed by atoms with E-state index in [1.807, 2.05) is 19.2 Å². The van der Waals surface area contributed by atoms with Crippen LogP contribution in [0.25, 0.3) is 0 Å². The minimum absolute atomic E-state index is 0.00566. The SMILES string of the molecule is COc1ccc(CNCC(C)Cn2ccnc2C)cc1[N+](=O)[O-]. The molecule has 0 aliphatic rings. The zero-order valence-corrected chi connectivity index (χ0v) is 13.7. The van der Waals surface area contributed by atoms with Gasteiger partial charge in [-0.2, -0.15) is 0 Å². The summed E-state index contributed by atoms with van der Waals surface area (Å²) in [4.78, 5) is 14.8. The molecule has 2 aromatic rings. The summed E-state index contributed by atoms with van der Waals surface area (Å²) in [7, 11) is 1.43. The molecule has 23 heavy (non-hydrogen) atoms. The molecule has 0 bridgehead atoms. The van der Waals surface area contributed by atoms with Crippen LogP contribution in [0.4, 0.5) is 5.69 Å². The maximum absolute atomic E-state index is 11.0. The number of nitro benzene ring substituents is 1. The molecule has 0 radical (unpaired) electrons. The lowest BCUT2D eigenvalue weighted by molar-refractivity contribution is -0.385. The first-order valence-corrected chi connectivity index (χ1v) is 7.51. The predicted octanol–water partition coefficient (Wildman–Crippen LogP) is 2.53. The average Bonchev–Trinajstić information content (AvgIpc) is 2.92. The number of aryl methyl sites for hydroxylation is 1. The van der Waals surface area contributed by atoms with Crippen LogP contribution in [-0.4, -0.2) is 28.1 Å². The largest absolute Gasteiger partial charge is 0.490 e. The fourth-order valence-electron chi connectivity index (χ4n) is 2.45. The van der Waals surface area contributed by atoms with Gasteiger partial charge in [0, 0.05) is 31.5 Å². The second-order valence-electron chi connectivity index (χ2n) is 5.63. The molecule has 0 aliphatic heterocycles. The Balaban J connectivity index is 1.87. The van der Waals surface area contributed by atoms with Gasteiger partial charge in [-0.05, 0) is 31.0 Å². The number of rotatable bonds is 8. The van der Waals surface area contributed by atoms with Gasteiger partial charge in [0.1, 0.15) is 5.82 Å². The fraction of sp³-hybridized carbons (Fsp3) is 0.438. The fourth-order valence-corrected chi connectivity index (χ4v) is 2.45. The van der Waals surface area contributed by atoms with Gasteiger partial charge in [0.2, 0.25) is 0 Å². The first kappa shape index (κ1) is 17.0. The third-order valence-corrected chi connectivity index (χ3v) is 3.69. The number of hydrogen-bond donors (Lipinski definition) is 1. The Labute approximate surface area is 135 Å². The highest BCUT2D eigenvalue weighted by atomic mass is 16.6. The number of ether oxygens (including phenoxy) is 1. The molecule has 2 rings (SSSR count). The van der Waals surface area contributed by atoms with Crippen LogP contribution < -0.4 is 10.1 Å². The molecule has 0 fully saturated rings. The molecule has 1 aromatic heterocycles.